The van der Waals surface area contributed by atoms with E-state index in [9.17, 15) is 18.0 Å². The molecule has 10 heteroatoms. The number of amides is 1. The molecule has 2 N–H and O–H groups in total. The van der Waals surface area contributed by atoms with Gasteiger partial charge in [-0.25, -0.2) is 15.0 Å². The van der Waals surface area contributed by atoms with Gasteiger partial charge in [-0.2, -0.15) is 13.2 Å². The van der Waals surface area contributed by atoms with Gasteiger partial charge in [0.1, 0.15) is 12.0 Å². The molecule has 0 radical (unpaired) electrons. The molecule has 0 bridgehead atoms. The first-order valence-electron chi connectivity index (χ1n) is 10.5. The van der Waals surface area contributed by atoms with Crippen molar-refractivity contribution in [3.05, 3.63) is 77.1 Å². The van der Waals surface area contributed by atoms with Gasteiger partial charge < -0.3 is 10.6 Å². The van der Waals surface area contributed by atoms with E-state index < -0.39 is 34.4 Å². The van der Waals surface area contributed by atoms with Gasteiger partial charge in [0.05, 0.1) is 16.6 Å². The number of aromatic nitrogens is 3. The first-order chi connectivity index (χ1) is 15.8. The van der Waals surface area contributed by atoms with Crippen LogP contribution in [-0.2, 0) is 6.18 Å². The van der Waals surface area contributed by atoms with Crippen LogP contribution in [0.15, 0.2) is 55.2 Å². The topological polar surface area (TPSA) is 79.8 Å². The quantitative estimate of drug-likeness (QED) is 0.553. The second-order valence-electron chi connectivity index (χ2n) is 7.78. The van der Waals surface area contributed by atoms with E-state index >= 15 is 0 Å². The normalized spacial score (nSPS) is 17.4. The molecule has 1 aliphatic rings. The minimum Gasteiger partial charge on any atom is -0.342 e. The van der Waals surface area contributed by atoms with Crippen molar-refractivity contribution < 1.29 is 18.0 Å². The molecule has 1 saturated heterocycles. The number of pyridine rings is 1. The molecule has 1 unspecified atom stereocenters. The van der Waals surface area contributed by atoms with Crippen molar-refractivity contribution in [1.29, 1.82) is 0 Å². The monoisotopic (exact) mass is 475 g/mol. The number of hydrogen-bond donors (Lipinski definition) is 2. The van der Waals surface area contributed by atoms with Crippen molar-refractivity contribution in [2.24, 2.45) is 0 Å². The molecule has 33 heavy (non-hydrogen) atoms. The van der Waals surface area contributed by atoms with Crippen molar-refractivity contribution in [2.75, 3.05) is 6.54 Å². The van der Waals surface area contributed by atoms with Gasteiger partial charge in [0, 0.05) is 30.2 Å². The molecule has 1 aromatic carbocycles. The van der Waals surface area contributed by atoms with Gasteiger partial charge in [-0.05, 0) is 42.6 Å². The molecular weight excluding hydrogens is 455 g/mol. The van der Waals surface area contributed by atoms with E-state index in [4.69, 9.17) is 11.6 Å². The number of halogens is 4. The predicted octanol–water partition coefficient (Wildman–Crippen LogP) is 4.82. The first kappa shape index (κ1) is 23.1. The van der Waals surface area contributed by atoms with E-state index in [2.05, 4.69) is 25.6 Å². The molecule has 172 valence electrons. The van der Waals surface area contributed by atoms with Gasteiger partial charge in [-0.1, -0.05) is 36.2 Å². The Balaban J connectivity index is 1.68. The summed E-state index contributed by atoms with van der Waals surface area (Å²) in [4.78, 5) is 25.0. The molecule has 2 aromatic heterocycles. The van der Waals surface area contributed by atoms with Crippen LogP contribution in [0, 0.1) is 0 Å². The summed E-state index contributed by atoms with van der Waals surface area (Å²) in [5, 5.41) is 5.57. The lowest BCUT2D eigenvalue weighted by atomic mass is 9.91. The van der Waals surface area contributed by atoms with E-state index in [-0.39, 0.29) is 6.04 Å². The highest BCUT2D eigenvalue weighted by atomic mass is 35.5. The lowest BCUT2D eigenvalue weighted by Crippen LogP contribution is -2.46. The summed E-state index contributed by atoms with van der Waals surface area (Å²) < 4.78 is 39.8. The van der Waals surface area contributed by atoms with Crippen LogP contribution < -0.4 is 10.6 Å². The third-order valence-electron chi connectivity index (χ3n) is 5.59. The zero-order chi connectivity index (χ0) is 23.4. The molecule has 4 rings (SSSR count). The number of rotatable bonds is 5. The fraction of sp³-hybridized carbons (Fsp3) is 0.304. The number of benzene rings is 1. The Kier molecular flexibility index (Phi) is 6.90. The highest BCUT2D eigenvalue weighted by Crippen LogP contribution is 2.36. The Hall–Kier alpha value is -3.04. The average Bonchev–Trinajstić information content (AvgIpc) is 2.83. The van der Waals surface area contributed by atoms with Gasteiger partial charge in [-0.3, -0.25) is 4.79 Å². The summed E-state index contributed by atoms with van der Waals surface area (Å²) in [6, 6.07) is 7.70. The molecule has 1 fully saturated rings. The predicted molar refractivity (Wildman–Crippen MR) is 118 cm³/mol. The van der Waals surface area contributed by atoms with Crippen LogP contribution in [0.25, 0.3) is 11.1 Å². The molecular formula is C23H21ClF3N5O. The fourth-order valence-electron chi connectivity index (χ4n) is 3.97. The van der Waals surface area contributed by atoms with Crippen LogP contribution in [0.3, 0.4) is 0 Å². The van der Waals surface area contributed by atoms with Crippen LogP contribution in [0.1, 0.15) is 46.9 Å². The number of hydrogen-bond acceptors (Lipinski definition) is 5. The Bertz CT molecular complexity index is 1120. The van der Waals surface area contributed by atoms with E-state index in [1.54, 1.807) is 12.4 Å². The third kappa shape index (κ3) is 5.31. The van der Waals surface area contributed by atoms with Crippen LogP contribution in [0.5, 0.6) is 0 Å². The SMILES string of the molecule is O=C(N[C@@H](c1cccc(-c2cncnc2)c1)C1CCCCN1)c1nccc(C(F)(F)F)c1Cl. The van der Waals surface area contributed by atoms with Crippen LogP contribution in [0.4, 0.5) is 13.2 Å². The summed E-state index contributed by atoms with van der Waals surface area (Å²) in [5.41, 5.74) is 0.914. The Morgan fingerprint density at radius 3 is 2.64 bits per heavy atom. The molecule has 0 aliphatic carbocycles. The zero-order valence-electron chi connectivity index (χ0n) is 17.4. The lowest BCUT2D eigenvalue weighted by Gasteiger charge is -2.32. The van der Waals surface area contributed by atoms with Gasteiger partial charge in [0.15, 0.2) is 0 Å². The Labute approximate surface area is 193 Å². The third-order valence-corrected chi connectivity index (χ3v) is 5.97. The second kappa shape index (κ2) is 9.84. The number of nitrogens with one attached hydrogen (secondary N) is 2. The summed E-state index contributed by atoms with van der Waals surface area (Å²) in [5.74, 6) is -0.767. The molecule has 3 aromatic rings. The van der Waals surface area contributed by atoms with Crippen molar-refractivity contribution in [3.8, 4) is 11.1 Å². The van der Waals surface area contributed by atoms with Gasteiger partial charge >= 0.3 is 6.18 Å². The minimum absolute atomic E-state index is 0.102. The first-order valence-corrected chi connectivity index (χ1v) is 10.8. The highest BCUT2D eigenvalue weighted by Gasteiger charge is 2.36. The van der Waals surface area contributed by atoms with E-state index in [0.29, 0.717) is 0 Å². The highest BCUT2D eigenvalue weighted by molar-refractivity contribution is 6.34. The minimum atomic E-state index is -4.69. The van der Waals surface area contributed by atoms with Crippen LogP contribution >= 0.6 is 11.6 Å². The zero-order valence-corrected chi connectivity index (χ0v) is 18.2. The number of piperidine rings is 1. The van der Waals surface area contributed by atoms with Crippen molar-refractivity contribution in [2.45, 2.75) is 37.5 Å². The Morgan fingerprint density at radius 1 is 1.15 bits per heavy atom. The lowest BCUT2D eigenvalue weighted by molar-refractivity contribution is -0.137. The van der Waals surface area contributed by atoms with Crippen molar-refractivity contribution >= 4 is 17.5 Å². The summed E-state index contributed by atoms with van der Waals surface area (Å²) in [6.07, 6.45) is 3.84. The average molecular weight is 476 g/mol. The van der Waals surface area contributed by atoms with E-state index in [0.717, 1.165) is 54.8 Å². The smallest absolute Gasteiger partial charge is 0.342 e. The number of nitrogens with zero attached hydrogens (tertiary/aromatic N) is 3. The number of alkyl halides is 3. The molecule has 1 aliphatic heterocycles. The van der Waals surface area contributed by atoms with Crippen molar-refractivity contribution in [1.82, 2.24) is 25.6 Å². The summed E-state index contributed by atoms with van der Waals surface area (Å²) in [6.45, 7) is 0.784. The largest absolute Gasteiger partial charge is 0.417 e. The van der Waals surface area contributed by atoms with Gasteiger partial charge in [0.2, 0.25) is 0 Å². The molecule has 2 atom stereocenters. The summed E-state index contributed by atoms with van der Waals surface area (Å²) >= 11 is 5.94. The van der Waals surface area contributed by atoms with E-state index in [1.165, 1.54) is 6.33 Å². The van der Waals surface area contributed by atoms with Crippen LogP contribution in [0.2, 0.25) is 5.02 Å². The molecule has 3 heterocycles. The maximum Gasteiger partial charge on any atom is 0.417 e. The maximum absolute atomic E-state index is 13.3. The fourth-order valence-corrected chi connectivity index (χ4v) is 4.27. The molecule has 1 amide bonds. The standard InChI is InChI=1S/C23H21ClF3N5O/c24-19-17(23(25,26)27)7-9-31-21(19)22(33)32-20(18-6-1-2-8-30-18)15-5-3-4-14(10-15)16-11-28-13-29-12-16/h3-5,7,9-13,18,20,30H,1-2,6,8H2,(H,32,33)/t18?,20-/m0/s1. The molecule has 0 saturated carbocycles. The van der Waals surface area contributed by atoms with Gasteiger partial charge in [0.25, 0.3) is 5.91 Å². The molecule has 6 nitrogen and oxygen atoms in total. The Morgan fingerprint density at radius 2 is 1.94 bits per heavy atom. The maximum atomic E-state index is 13.3. The van der Waals surface area contributed by atoms with Gasteiger partial charge in [-0.15, -0.1) is 0 Å². The van der Waals surface area contributed by atoms with Crippen LogP contribution in [-0.4, -0.2) is 33.4 Å². The number of carbonyl (C=O) groups is 1. The summed E-state index contributed by atoms with van der Waals surface area (Å²) in [7, 11) is 0. The van der Waals surface area contributed by atoms with E-state index in [1.807, 2.05) is 24.3 Å². The number of carbonyl (C=O) groups excluding carboxylic acids is 1. The van der Waals surface area contributed by atoms with Crippen molar-refractivity contribution in [3.63, 3.8) is 0 Å². The second-order valence-corrected chi connectivity index (χ2v) is 8.16. The molecule has 0 spiro atoms.